The number of H-pyrrole nitrogens is 1. The molecule has 1 aromatic heterocycles. The summed E-state index contributed by atoms with van der Waals surface area (Å²) in [5.74, 6) is 0.399. The summed E-state index contributed by atoms with van der Waals surface area (Å²) < 4.78 is 39.1. The van der Waals surface area contributed by atoms with Crippen molar-refractivity contribution in [1.29, 1.82) is 0 Å². The molecule has 10 heteroatoms. The lowest BCUT2D eigenvalue weighted by Gasteiger charge is -2.11. The standard InChI is InChI=1S/C22H28FN5O2S.HI/c1-3-25-22(26-11-10-18-14-27-21-9-8-19(23)12-20(18)21)28-13-16-4-6-17(7-5-16)15-31(29,30)24-2;/h4-9,12,14,24,27H,3,10-11,13,15H2,1-2H3,(H2,25,26,28);1H. The van der Waals surface area contributed by atoms with Crippen LogP contribution >= 0.6 is 24.0 Å². The Labute approximate surface area is 205 Å². The van der Waals surface area contributed by atoms with E-state index in [2.05, 4.69) is 25.3 Å². The van der Waals surface area contributed by atoms with Crippen LogP contribution in [0.15, 0.2) is 53.7 Å². The van der Waals surface area contributed by atoms with Gasteiger partial charge in [-0.15, -0.1) is 24.0 Å². The van der Waals surface area contributed by atoms with Crippen molar-refractivity contribution >= 4 is 50.9 Å². The molecular formula is C22H29FIN5O2S. The number of guanidine groups is 1. The zero-order chi connectivity index (χ0) is 22.3. The molecule has 3 rings (SSSR count). The lowest BCUT2D eigenvalue weighted by Crippen LogP contribution is -2.38. The number of nitrogens with one attached hydrogen (secondary N) is 4. The molecule has 174 valence electrons. The maximum absolute atomic E-state index is 13.5. The van der Waals surface area contributed by atoms with Crippen molar-refractivity contribution < 1.29 is 12.8 Å². The van der Waals surface area contributed by atoms with E-state index in [0.717, 1.165) is 40.6 Å². The Morgan fingerprint density at radius 1 is 1.09 bits per heavy atom. The lowest BCUT2D eigenvalue weighted by atomic mass is 10.1. The number of aromatic amines is 1. The van der Waals surface area contributed by atoms with E-state index in [1.807, 2.05) is 25.3 Å². The summed E-state index contributed by atoms with van der Waals surface area (Å²) in [4.78, 5) is 7.76. The molecule has 32 heavy (non-hydrogen) atoms. The van der Waals surface area contributed by atoms with Gasteiger partial charge in [0.15, 0.2) is 5.96 Å². The number of hydrogen-bond donors (Lipinski definition) is 4. The van der Waals surface area contributed by atoms with Crippen LogP contribution in [0.2, 0.25) is 0 Å². The van der Waals surface area contributed by atoms with Crippen molar-refractivity contribution in [2.45, 2.75) is 25.6 Å². The summed E-state index contributed by atoms with van der Waals surface area (Å²) in [7, 11) is -1.88. The van der Waals surface area contributed by atoms with Crippen LogP contribution in [0.1, 0.15) is 23.6 Å². The molecule has 0 aliphatic heterocycles. The van der Waals surface area contributed by atoms with Crippen LogP contribution in [0.4, 0.5) is 4.39 Å². The maximum atomic E-state index is 13.5. The first-order valence-electron chi connectivity index (χ1n) is 10.2. The molecule has 7 nitrogen and oxygen atoms in total. The van der Waals surface area contributed by atoms with Crippen LogP contribution in [-0.4, -0.2) is 39.5 Å². The molecule has 0 unspecified atom stereocenters. The number of benzene rings is 2. The van der Waals surface area contributed by atoms with E-state index in [4.69, 9.17) is 0 Å². The highest BCUT2D eigenvalue weighted by molar-refractivity contribution is 14.0. The second-order valence-corrected chi connectivity index (χ2v) is 9.08. The topological polar surface area (TPSA) is 98.4 Å². The summed E-state index contributed by atoms with van der Waals surface area (Å²) in [6.07, 6.45) is 2.63. The Morgan fingerprint density at radius 3 is 2.50 bits per heavy atom. The molecule has 4 N–H and O–H groups in total. The van der Waals surface area contributed by atoms with E-state index in [1.54, 1.807) is 24.3 Å². The Kier molecular flexibility index (Phi) is 9.91. The van der Waals surface area contributed by atoms with Gasteiger partial charge in [0.25, 0.3) is 0 Å². The van der Waals surface area contributed by atoms with Gasteiger partial charge in [0.05, 0.1) is 12.3 Å². The zero-order valence-corrected chi connectivity index (χ0v) is 21.3. The van der Waals surface area contributed by atoms with Crippen LogP contribution in [0.5, 0.6) is 0 Å². The molecule has 0 aliphatic rings. The Bertz CT molecular complexity index is 1150. The molecule has 0 bridgehead atoms. The van der Waals surface area contributed by atoms with Crippen molar-refractivity contribution in [3.05, 3.63) is 71.2 Å². The van der Waals surface area contributed by atoms with E-state index in [1.165, 1.54) is 13.1 Å². The van der Waals surface area contributed by atoms with Gasteiger partial charge in [0, 0.05) is 30.2 Å². The fourth-order valence-electron chi connectivity index (χ4n) is 3.22. The van der Waals surface area contributed by atoms with Gasteiger partial charge in [-0.3, -0.25) is 0 Å². The SMILES string of the molecule is CCNC(=NCc1ccc(CS(=O)(=O)NC)cc1)NCCc1c[nH]c2ccc(F)cc12.I. The number of rotatable bonds is 9. The van der Waals surface area contributed by atoms with Gasteiger partial charge >= 0.3 is 0 Å². The third-order valence-corrected chi connectivity index (χ3v) is 6.21. The van der Waals surface area contributed by atoms with E-state index in [9.17, 15) is 12.8 Å². The average molecular weight is 573 g/mol. The monoisotopic (exact) mass is 573 g/mol. The van der Waals surface area contributed by atoms with Crippen LogP contribution in [0.25, 0.3) is 10.9 Å². The van der Waals surface area contributed by atoms with Crippen molar-refractivity contribution in [3.63, 3.8) is 0 Å². The lowest BCUT2D eigenvalue weighted by molar-refractivity contribution is 0.587. The van der Waals surface area contributed by atoms with E-state index in [0.29, 0.717) is 19.0 Å². The second-order valence-electron chi connectivity index (χ2n) is 7.16. The molecule has 0 amide bonds. The highest BCUT2D eigenvalue weighted by Crippen LogP contribution is 2.19. The van der Waals surface area contributed by atoms with Crippen LogP contribution in [0, 0.1) is 5.82 Å². The van der Waals surface area contributed by atoms with Gasteiger partial charge in [-0.05, 0) is 55.3 Å². The molecule has 0 saturated heterocycles. The maximum Gasteiger partial charge on any atom is 0.215 e. The van der Waals surface area contributed by atoms with E-state index >= 15 is 0 Å². The van der Waals surface area contributed by atoms with Crippen LogP contribution < -0.4 is 15.4 Å². The highest BCUT2D eigenvalue weighted by atomic mass is 127. The highest BCUT2D eigenvalue weighted by Gasteiger charge is 2.08. The number of sulfonamides is 1. The first kappa shape index (κ1) is 26.1. The first-order chi connectivity index (χ1) is 14.9. The quantitative estimate of drug-likeness (QED) is 0.180. The smallest absolute Gasteiger partial charge is 0.215 e. The van der Waals surface area contributed by atoms with E-state index in [-0.39, 0.29) is 35.5 Å². The number of hydrogen-bond acceptors (Lipinski definition) is 3. The van der Waals surface area contributed by atoms with Crippen LogP contribution in [-0.2, 0) is 28.7 Å². The number of halogens is 2. The summed E-state index contributed by atoms with van der Waals surface area (Å²) in [6, 6.07) is 12.1. The molecule has 0 fully saturated rings. The van der Waals surface area contributed by atoms with Crippen molar-refractivity contribution in [2.75, 3.05) is 20.1 Å². The summed E-state index contributed by atoms with van der Waals surface area (Å²) in [6.45, 7) is 3.84. The average Bonchev–Trinajstić information content (AvgIpc) is 3.15. The van der Waals surface area contributed by atoms with Gasteiger partial charge in [-0.25, -0.2) is 22.5 Å². The fraction of sp³-hybridized carbons (Fsp3) is 0.318. The summed E-state index contributed by atoms with van der Waals surface area (Å²) >= 11 is 0. The van der Waals surface area contributed by atoms with Crippen molar-refractivity contribution in [1.82, 2.24) is 20.3 Å². The largest absolute Gasteiger partial charge is 0.361 e. The van der Waals surface area contributed by atoms with Gasteiger partial charge in [0.1, 0.15) is 5.82 Å². The van der Waals surface area contributed by atoms with Gasteiger partial charge < -0.3 is 15.6 Å². The van der Waals surface area contributed by atoms with Gasteiger partial charge in [-0.2, -0.15) is 0 Å². The molecule has 2 aromatic carbocycles. The van der Waals surface area contributed by atoms with Crippen molar-refractivity contribution in [2.24, 2.45) is 4.99 Å². The molecule has 0 saturated carbocycles. The minimum Gasteiger partial charge on any atom is -0.361 e. The Morgan fingerprint density at radius 2 is 1.81 bits per heavy atom. The summed E-state index contributed by atoms with van der Waals surface area (Å²) in [5.41, 5.74) is 3.67. The molecule has 0 radical (unpaired) electrons. The normalized spacial score (nSPS) is 11.9. The summed E-state index contributed by atoms with van der Waals surface area (Å²) in [5, 5.41) is 7.41. The van der Waals surface area contributed by atoms with Crippen molar-refractivity contribution in [3.8, 4) is 0 Å². The Hall–Kier alpha value is -2.18. The Balaban J connectivity index is 0.00000363. The number of aromatic nitrogens is 1. The molecule has 0 aliphatic carbocycles. The molecular weight excluding hydrogens is 544 g/mol. The second kappa shape index (κ2) is 12.2. The number of aliphatic imine (C=N–C) groups is 1. The minimum absolute atomic E-state index is 0. The number of nitrogens with zero attached hydrogens (tertiary/aromatic N) is 1. The molecule has 0 atom stereocenters. The van der Waals surface area contributed by atoms with Gasteiger partial charge in [-0.1, -0.05) is 24.3 Å². The molecule has 0 spiro atoms. The third kappa shape index (κ3) is 7.45. The predicted molar refractivity (Wildman–Crippen MR) is 138 cm³/mol. The molecule has 3 aromatic rings. The predicted octanol–water partition coefficient (Wildman–Crippen LogP) is 3.27. The first-order valence-corrected chi connectivity index (χ1v) is 11.8. The van der Waals surface area contributed by atoms with E-state index < -0.39 is 10.0 Å². The van der Waals surface area contributed by atoms with Gasteiger partial charge in [0.2, 0.25) is 10.0 Å². The molecule has 1 heterocycles. The minimum atomic E-state index is -3.28. The zero-order valence-electron chi connectivity index (χ0n) is 18.1. The number of fused-ring (bicyclic) bond motifs is 1. The fourth-order valence-corrected chi connectivity index (χ4v) is 3.99. The van der Waals surface area contributed by atoms with Crippen LogP contribution in [0.3, 0.4) is 0 Å². The third-order valence-electron chi connectivity index (χ3n) is 4.87.